The van der Waals surface area contributed by atoms with Gasteiger partial charge in [-0.3, -0.25) is 4.90 Å². The van der Waals surface area contributed by atoms with E-state index < -0.39 is 18.0 Å². The Morgan fingerprint density at radius 2 is 2.05 bits per heavy atom. The first kappa shape index (κ1) is 14.9. The number of aliphatic carboxylic acids is 1. The molecule has 21 heavy (non-hydrogen) atoms. The summed E-state index contributed by atoms with van der Waals surface area (Å²) in [4.78, 5) is 27.1. The number of likely N-dealkylation sites (N-methyl/N-ethyl adjacent to an activating group) is 1. The number of urea groups is 1. The number of anilines is 2. The maximum Gasteiger partial charge on any atom is 0.326 e. The van der Waals surface area contributed by atoms with Crippen LogP contribution in [0, 0.1) is 0 Å². The van der Waals surface area contributed by atoms with E-state index in [1.165, 1.54) is 6.08 Å². The number of hydrogen-bond donors (Lipinski definition) is 2. The number of amides is 2. The Kier molecular flexibility index (Phi) is 4.47. The fraction of sp³-hybridized carbons (Fsp3) is 0.333. The van der Waals surface area contributed by atoms with Crippen LogP contribution in [-0.2, 0) is 4.79 Å². The summed E-state index contributed by atoms with van der Waals surface area (Å²) in [5.74, 6) is -1.06. The van der Waals surface area contributed by atoms with Crippen molar-refractivity contribution in [1.29, 1.82) is 0 Å². The SMILES string of the molecule is C=CCC(NC(=O)N1CCN(C)c2ccccc21)C(=O)O. The Morgan fingerprint density at radius 3 is 2.67 bits per heavy atom. The van der Waals surface area contributed by atoms with E-state index in [9.17, 15) is 9.59 Å². The number of fused-ring (bicyclic) bond motifs is 1. The number of hydrogen-bond acceptors (Lipinski definition) is 3. The molecule has 0 bridgehead atoms. The summed E-state index contributed by atoms with van der Waals surface area (Å²) in [5, 5.41) is 11.6. The molecule has 1 unspecified atom stereocenters. The fourth-order valence-corrected chi connectivity index (χ4v) is 2.33. The van der Waals surface area contributed by atoms with E-state index in [-0.39, 0.29) is 6.42 Å². The highest BCUT2D eigenvalue weighted by atomic mass is 16.4. The number of carboxylic acids is 1. The molecule has 6 nitrogen and oxygen atoms in total. The van der Waals surface area contributed by atoms with Crippen molar-refractivity contribution >= 4 is 23.4 Å². The predicted octanol–water partition coefficient (Wildman–Crippen LogP) is 1.68. The Bertz CT molecular complexity index is 559. The quantitative estimate of drug-likeness (QED) is 0.827. The van der Waals surface area contributed by atoms with Crippen LogP contribution >= 0.6 is 0 Å². The third-order valence-electron chi connectivity index (χ3n) is 3.49. The van der Waals surface area contributed by atoms with E-state index >= 15 is 0 Å². The number of rotatable bonds is 4. The lowest BCUT2D eigenvalue weighted by Crippen LogP contribution is -2.51. The lowest BCUT2D eigenvalue weighted by Gasteiger charge is -2.36. The largest absolute Gasteiger partial charge is 0.480 e. The monoisotopic (exact) mass is 289 g/mol. The molecular formula is C15H19N3O3. The van der Waals surface area contributed by atoms with E-state index in [2.05, 4.69) is 16.8 Å². The molecular weight excluding hydrogens is 270 g/mol. The number of carbonyl (C=O) groups excluding carboxylic acids is 1. The Balaban J connectivity index is 2.18. The molecule has 1 atom stereocenters. The van der Waals surface area contributed by atoms with Gasteiger partial charge in [0.2, 0.25) is 0 Å². The van der Waals surface area contributed by atoms with Crippen molar-refractivity contribution in [3.05, 3.63) is 36.9 Å². The van der Waals surface area contributed by atoms with Gasteiger partial charge in [-0.25, -0.2) is 9.59 Å². The normalized spacial score (nSPS) is 15.1. The average Bonchev–Trinajstić information content (AvgIpc) is 2.47. The van der Waals surface area contributed by atoms with Crippen molar-refractivity contribution in [1.82, 2.24) is 5.32 Å². The highest BCUT2D eigenvalue weighted by molar-refractivity contribution is 5.98. The minimum atomic E-state index is -1.06. The number of carbonyl (C=O) groups is 2. The molecule has 1 aliphatic rings. The van der Waals surface area contributed by atoms with Crippen LogP contribution in [-0.4, -0.2) is 43.3 Å². The zero-order valence-electron chi connectivity index (χ0n) is 12.0. The number of carboxylic acid groups (broad SMARTS) is 1. The first-order valence-electron chi connectivity index (χ1n) is 6.76. The van der Waals surface area contributed by atoms with Gasteiger partial charge in [-0.1, -0.05) is 18.2 Å². The molecule has 6 heteroatoms. The van der Waals surface area contributed by atoms with Crippen molar-refractivity contribution in [2.75, 3.05) is 29.9 Å². The topological polar surface area (TPSA) is 72.9 Å². The van der Waals surface area contributed by atoms with Gasteiger partial charge in [0.05, 0.1) is 11.4 Å². The Hall–Kier alpha value is -2.50. The van der Waals surface area contributed by atoms with Crippen LogP contribution in [0.3, 0.4) is 0 Å². The standard InChI is InChI=1S/C15H19N3O3/c1-3-6-11(14(19)20)16-15(21)18-10-9-17(2)12-7-4-5-8-13(12)18/h3-5,7-8,11H,1,6,9-10H2,2H3,(H,16,21)(H,19,20). The summed E-state index contributed by atoms with van der Waals surface area (Å²) in [6.45, 7) is 4.73. The summed E-state index contributed by atoms with van der Waals surface area (Å²) >= 11 is 0. The van der Waals surface area contributed by atoms with Crippen molar-refractivity contribution in [3.8, 4) is 0 Å². The Labute approximate surface area is 123 Å². The van der Waals surface area contributed by atoms with Gasteiger partial charge in [0.25, 0.3) is 0 Å². The van der Waals surface area contributed by atoms with Crippen LogP contribution in [0.1, 0.15) is 6.42 Å². The lowest BCUT2D eigenvalue weighted by atomic mass is 10.1. The fourth-order valence-electron chi connectivity index (χ4n) is 2.33. The van der Waals surface area contributed by atoms with Gasteiger partial charge >= 0.3 is 12.0 Å². The van der Waals surface area contributed by atoms with Crippen LogP contribution in [0.4, 0.5) is 16.2 Å². The van der Waals surface area contributed by atoms with Gasteiger partial charge in [-0.15, -0.1) is 6.58 Å². The van der Waals surface area contributed by atoms with Gasteiger partial charge in [-0.05, 0) is 18.6 Å². The second-order valence-corrected chi connectivity index (χ2v) is 4.93. The van der Waals surface area contributed by atoms with E-state index in [1.807, 2.05) is 31.3 Å². The molecule has 2 rings (SSSR count). The number of benzene rings is 1. The molecule has 112 valence electrons. The molecule has 2 amide bonds. The van der Waals surface area contributed by atoms with Gasteiger partial charge in [-0.2, -0.15) is 0 Å². The smallest absolute Gasteiger partial charge is 0.326 e. The Morgan fingerprint density at radius 1 is 1.38 bits per heavy atom. The molecule has 1 heterocycles. The van der Waals surface area contributed by atoms with Crippen molar-refractivity contribution < 1.29 is 14.7 Å². The molecule has 2 N–H and O–H groups in total. The second-order valence-electron chi connectivity index (χ2n) is 4.93. The van der Waals surface area contributed by atoms with E-state index in [0.717, 1.165) is 11.4 Å². The summed E-state index contributed by atoms with van der Waals surface area (Å²) in [6, 6.07) is 6.21. The van der Waals surface area contributed by atoms with Crippen LogP contribution in [0.25, 0.3) is 0 Å². The molecule has 1 aromatic rings. The third-order valence-corrected chi connectivity index (χ3v) is 3.49. The maximum atomic E-state index is 12.4. The zero-order chi connectivity index (χ0) is 15.4. The third kappa shape index (κ3) is 3.16. The summed E-state index contributed by atoms with van der Waals surface area (Å²) in [7, 11) is 1.96. The molecule has 0 fully saturated rings. The van der Waals surface area contributed by atoms with Gasteiger partial charge in [0, 0.05) is 20.1 Å². The van der Waals surface area contributed by atoms with Crippen molar-refractivity contribution in [2.24, 2.45) is 0 Å². The van der Waals surface area contributed by atoms with E-state index in [1.54, 1.807) is 4.90 Å². The second kappa shape index (κ2) is 6.30. The van der Waals surface area contributed by atoms with Crippen LogP contribution in [0.5, 0.6) is 0 Å². The molecule has 1 aliphatic heterocycles. The minimum absolute atomic E-state index is 0.191. The minimum Gasteiger partial charge on any atom is -0.480 e. The maximum absolute atomic E-state index is 12.4. The van der Waals surface area contributed by atoms with Gasteiger partial charge < -0.3 is 15.3 Å². The highest BCUT2D eigenvalue weighted by Gasteiger charge is 2.27. The summed E-state index contributed by atoms with van der Waals surface area (Å²) in [6.07, 6.45) is 1.67. The number of nitrogens with zero attached hydrogens (tertiary/aromatic N) is 2. The zero-order valence-corrected chi connectivity index (χ0v) is 12.0. The van der Waals surface area contributed by atoms with E-state index in [4.69, 9.17) is 5.11 Å². The van der Waals surface area contributed by atoms with E-state index in [0.29, 0.717) is 13.1 Å². The molecule has 0 saturated heterocycles. The first-order valence-corrected chi connectivity index (χ1v) is 6.76. The van der Waals surface area contributed by atoms with Crippen LogP contribution in [0.2, 0.25) is 0 Å². The van der Waals surface area contributed by atoms with Crippen molar-refractivity contribution in [2.45, 2.75) is 12.5 Å². The number of nitrogens with one attached hydrogen (secondary N) is 1. The first-order chi connectivity index (χ1) is 10.0. The molecule has 1 aromatic carbocycles. The number of para-hydroxylation sites is 2. The van der Waals surface area contributed by atoms with Crippen LogP contribution in [0.15, 0.2) is 36.9 Å². The molecule has 0 aromatic heterocycles. The summed E-state index contributed by atoms with van der Waals surface area (Å²) in [5.41, 5.74) is 1.74. The molecule has 0 aliphatic carbocycles. The molecule has 0 spiro atoms. The molecule has 0 radical (unpaired) electrons. The molecule has 0 saturated carbocycles. The van der Waals surface area contributed by atoms with Gasteiger partial charge in [0.15, 0.2) is 0 Å². The van der Waals surface area contributed by atoms with Crippen molar-refractivity contribution in [3.63, 3.8) is 0 Å². The average molecular weight is 289 g/mol. The lowest BCUT2D eigenvalue weighted by molar-refractivity contribution is -0.139. The summed E-state index contributed by atoms with van der Waals surface area (Å²) < 4.78 is 0. The predicted molar refractivity (Wildman–Crippen MR) is 81.8 cm³/mol. The van der Waals surface area contributed by atoms with Crippen LogP contribution < -0.4 is 15.1 Å². The highest BCUT2D eigenvalue weighted by Crippen LogP contribution is 2.31. The van der Waals surface area contributed by atoms with Gasteiger partial charge in [0.1, 0.15) is 6.04 Å².